The Kier molecular flexibility index (Phi) is 4.32. The molecule has 2 aromatic carbocycles. The molecule has 0 saturated heterocycles. The zero-order valence-corrected chi connectivity index (χ0v) is 14.9. The van der Waals surface area contributed by atoms with Gasteiger partial charge in [0.1, 0.15) is 5.69 Å². The minimum absolute atomic E-state index is 0.637. The van der Waals surface area contributed by atoms with E-state index in [1.54, 1.807) is 0 Å². The number of hydrogen-bond donors (Lipinski definition) is 0. The lowest BCUT2D eigenvalue weighted by molar-refractivity contribution is 0.695. The molecule has 4 nitrogen and oxygen atoms in total. The third-order valence-corrected chi connectivity index (χ3v) is 4.48. The van der Waals surface area contributed by atoms with Crippen LogP contribution in [0.1, 0.15) is 22.5 Å². The molecule has 0 fully saturated rings. The maximum absolute atomic E-state index is 4.79. The number of nitrogens with zero attached hydrogens (tertiary/aromatic N) is 4. The quantitative estimate of drug-likeness (QED) is 0.499. The second kappa shape index (κ2) is 6.92. The molecule has 2 heterocycles. The zero-order valence-electron chi connectivity index (χ0n) is 14.9. The van der Waals surface area contributed by atoms with Crippen LogP contribution >= 0.6 is 0 Å². The molecule has 0 spiro atoms. The number of benzene rings is 2. The summed E-state index contributed by atoms with van der Waals surface area (Å²) in [5.41, 5.74) is 6.28. The Hall–Kier alpha value is -3.27. The highest BCUT2D eigenvalue weighted by molar-refractivity contribution is 5.98. The van der Waals surface area contributed by atoms with Crippen molar-refractivity contribution in [3.63, 3.8) is 0 Å². The van der Waals surface area contributed by atoms with Gasteiger partial charge >= 0.3 is 0 Å². The Morgan fingerprint density at radius 1 is 0.923 bits per heavy atom. The first-order valence-electron chi connectivity index (χ1n) is 8.68. The molecule has 0 N–H and O–H groups in total. The van der Waals surface area contributed by atoms with Crippen LogP contribution in [0.2, 0.25) is 0 Å². The van der Waals surface area contributed by atoms with Gasteiger partial charge in [0.25, 0.3) is 0 Å². The van der Waals surface area contributed by atoms with Crippen molar-refractivity contribution in [1.29, 1.82) is 0 Å². The molecule has 0 saturated carbocycles. The van der Waals surface area contributed by atoms with Gasteiger partial charge in [-0.2, -0.15) is 5.10 Å². The van der Waals surface area contributed by atoms with E-state index in [-0.39, 0.29) is 0 Å². The molecule has 0 radical (unpaired) electrons. The van der Waals surface area contributed by atoms with Crippen LogP contribution in [-0.4, -0.2) is 21.0 Å². The van der Waals surface area contributed by atoms with Gasteiger partial charge in [0.15, 0.2) is 0 Å². The lowest BCUT2D eigenvalue weighted by Gasteiger charge is -2.03. The van der Waals surface area contributed by atoms with Gasteiger partial charge in [0.2, 0.25) is 0 Å². The Morgan fingerprint density at radius 3 is 2.46 bits per heavy atom. The molecule has 128 valence electrons. The third-order valence-electron chi connectivity index (χ3n) is 4.48. The van der Waals surface area contributed by atoms with Crippen LogP contribution < -0.4 is 0 Å². The van der Waals surface area contributed by atoms with E-state index in [4.69, 9.17) is 10.1 Å². The van der Waals surface area contributed by atoms with Gasteiger partial charge in [-0.3, -0.25) is 14.7 Å². The number of aliphatic imine (C=N–C) groups is 1. The zero-order chi connectivity index (χ0) is 17.9. The van der Waals surface area contributed by atoms with E-state index in [0.717, 1.165) is 28.0 Å². The number of para-hydroxylation sites is 2. The highest BCUT2D eigenvalue weighted by Crippen LogP contribution is 2.24. The van der Waals surface area contributed by atoms with E-state index in [2.05, 4.69) is 49.2 Å². The maximum Gasteiger partial charge on any atom is 0.111 e. The van der Waals surface area contributed by atoms with Crippen molar-refractivity contribution >= 4 is 22.8 Å². The topological polar surface area (TPSA) is 43.1 Å². The van der Waals surface area contributed by atoms with Crippen molar-refractivity contribution in [3.8, 4) is 0 Å². The second-order valence-corrected chi connectivity index (χ2v) is 6.38. The van der Waals surface area contributed by atoms with E-state index < -0.39 is 0 Å². The molecule has 0 amide bonds. The van der Waals surface area contributed by atoms with Crippen LogP contribution in [0.3, 0.4) is 0 Å². The standard InChI is InChI=1S/C22H20N4/c1-16-8-7-9-17(2)22(16)24-14-20-19-11-3-4-12-21(19)26(25-20)15-18-10-5-6-13-23-18/h3-14H,15H2,1-2H3/b24-14+. The van der Waals surface area contributed by atoms with Crippen molar-refractivity contribution in [2.24, 2.45) is 4.99 Å². The van der Waals surface area contributed by atoms with Crippen molar-refractivity contribution in [3.05, 3.63) is 89.4 Å². The van der Waals surface area contributed by atoms with Crippen LogP contribution in [0, 0.1) is 13.8 Å². The Labute approximate surface area is 152 Å². The molecule has 4 aromatic rings. The first kappa shape index (κ1) is 16.2. The van der Waals surface area contributed by atoms with Crippen LogP contribution in [0.4, 0.5) is 5.69 Å². The average molecular weight is 340 g/mol. The monoisotopic (exact) mass is 340 g/mol. The summed E-state index contributed by atoms with van der Waals surface area (Å²) in [6, 6.07) is 20.4. The van der Waals surface area contributed by atoms with Crippen molar-refractivity contribution < 1.29 is 0 Å². The minimum Gasteiger partial charge on any atom is -0.259 e. The first-order chi connectivity index (χ1) is 12.7. The van der Waals surface area contributed by atoms with Crippen molar-refractivity contribution in [2.45, 2.75) is 20.4 Å². The molecule has 2 aromatic heterocycles. The van der Waals surface area contributed by atoms with Gasteiger partial charge in [0, 0.05) is 11.6 Å². The summed E-state index contributed by atoms with van der Waals surface area (Å²) in [6.45, 7) is 4.80. The van der Waals surface area contributed by atoms with Crippen LogP contribution in [0.15, 0.2) is 71.9 Å². The van der Waals surface area contributed by atoms with Crippen LogP contribution in [0.25, 0.3) is 10.9 Å². The number of aryl methyl sites for hydroxylation is 2. The summed E-state index contributed by atoms with van der Waals surface area (Å²) >= 11 is 0. The molecular weight excluding hydrogens is 320 g/mol. The maximum atomic E-state index is 4.79. The second-order valence-electron chi connectivity index (χ2n) is 6.38. The predicted molar refractivity (Wildman–Crippen MR) is 106 cm³/mol. The highest BCUT2D eigenvalue weighted by Gasteiger charge is 2.09. The van der Waals surface area contributed by atoms with Gasteiger partial charge in [-0.1, -0.05) is 42.5 Å². The fraction of sp³-hybridized carbons (Fsp3) is 0.136. The van der Waals surface area contributed by atoms with Crippen LogP contribution in [0.5, 0.6) is 0 Å². The summed E-state index contributed by atoms with van der Waals surface area (Å²) in [5.74, 6) is 0. The number of rotatable bonds is 4. The third kappa shape index (κ3) is 3.14. The number of fused-ring (bicyclic) bond motifs is 1. The van der Waals surface area contributed by atoms with Gasteiger partial charge < -0.3 is 0 Å². The summed E-state index contributed by atoms with van der Waals surface area (Å²) < 4.78 is 1.99. The van der Waals surface area contributed by atoms with E-state index in [1.165, 1.54) is 11.1 Å². The summed E-state index contributed by atoms with van der Waals surface area (Å²) in [5, 5.41) is 5.88. The van der Waals surface area contributed by atoms with Crippen LogP contribution in [-0.2, 0) is 6.54 Å². The summed E-state index contributed by atoms with van der Waals surface area (Å²) in [6.07, 6.45) is 3.68. The molecule has 26 heavy (non-hydrogen) atoms. The van der Waals surface area contributed by atoms with Gasteiger partial charge in [-0.15, -0.1) is 0 Å². The van der Waals surface area contributed by atoms with Crippen molar-refractivity contribution in [2.75, 3.05) is 0 Å². The number of pyridine rings is 1. The smallest absolute Gasteiger partial charge is 0.111 e. The van der Waals surface area contributed by atoms with E-state index in [0.29, 0.717) is 6.54 Å². The van der Waals surface area contributed by atoms with Gasteiger partial charge in [-0.05, 0) is 43.2 Å². The van der Waals surface area contributed by atoms with E-state index in [1.807, 2.05) is 47.4 Å². The Bertz CT molecular complexity index is 1060. The molecule has 4 heteroatoms. The minimum atomic E-state index is 0.637. The molecule has 0 aliphatic rings. The first-order valence-corrected chi connectivity index (χ1v) is 8.68. The molecule has 0 unspecified atom stereocenters. The largest absolute Gasteiger partial charge is 0.259 e. The van der Waals surface area contributed by atoms with Gasteiger partial charge in [0.05, 0.1) is 29.7 Å². The van der Waals surface area contributed by atoms with E-state index >= 15 is 0 Å². The van der Waals surface area contributed by atoms with E-state index in [9.17, 15) is 0 Å². The highest BCUT2D eigenvalue weighted by atomic mass is 15.3. The summed E-state index contributed by atoms with van der Waals surface area (Å²) in [7, 11) is 0. The Balaban J connectivity index is 1.75. The lowest BCUT2D eigenvalue weighted by Crippen LogP contribution is -2.03. The molecule has 0 aliphatic heterocycles. The number of hydrogen-bond acceptors (Lipinski definition) is 3. The number of aromatic nitrogens is 3. The molecule has 0 aliphatic carbocycles. The summed E-state index contributed by atoms with van der Waals surface area (Å²) in [4.78, 5) is 9.14. The molecule has 0 bridgehead atoms. The fourth-order valence-corrected chi connectivity index (χ4v) is 3.15. The predicted octanol–water partition coefficient (Wildman–Crippen LogP) is 4.85. The molecular formula is C22H20N4. The molecule has 4 rings (SSSR count). The SMILES string of the molecule is Cc1cccc(C)c1/N=C/c1nn(Cc2ccccn2)c2ccccc12. The lowest BCUT2D eigenvalue weighted by atomic mass is 10.1. The normalized spacial score (nSPS) is 11.5. The average Bonchev–Trinajstić information content (AvgIpc) is 3.00. The fourth-order valence-electron chi connectivity index (χ4n) is 3.15. The molecule has 0 atom stereocenters. The Morgan fingerprint density at radius 2 is 1.69 bits per heavy atom. The van der Waals surface area contributed by atoms with Gasteiger partial charge in [-0.25, -0.2) is 0 Å². The van der Waals surface area contributed by atoms with Crippen molar-refractivity contribution in [1.82, 2.24) is 14.8 Å².